The quantitative estimate of drug-likeness (QED) is 0.414. The fraction of sp³-hybridized carbons (Fsp3) is 0.227. The van der Waals surface area contributed by atoms with Gasteiger partial charge >= 0.3 is 0 Å². The molecule has 0 bridgehead atoms. The van der Waals surface area contributed by atoms with Gasteiger partial charge in [-0.2, -0.15) is 5.10 Å². The first-order valence-electron chi connectivity index (χ1n) is 9.57. The molecular weight excluding hydrogens is 384 g/mol. The highest BCUT2D eigenvalue weighted by atomic mass is 16.5. The van der Waals surface area contributed by atoms with Gasteiger partial charge in [0.05, 0.1) is 32.2 Å². The van der Waals surface area contributed by atoms with Crippen molar-refractivity contribution in [1.29, 1.82) is 0 Å². The number of nitrogens with one attached hydrogen (secondary N) is 2. The molecule has 0 aliphatic heterocycles. The predicted octanol–water partition coefficient (Wildman–Crippen LogP) is 3.69. The van der Waals surface area contributed by atoms with Crippen molar-refractivity contribution >= 4 is 12.2 Å². The van der Waals surface area contributed by atoms with Crippen molar-refractivity contribution < 1.29 is 14.2 Å². The highest BCUT2D eigenvalue weighted by Gasteiger charge is 2.06. The van der Waals surface area contributed by atoms with Crippen molar-refractivity contribution in [3.05, 3.63) is 64.4 Å². The number of benzene rings is 2. The van der Waals surface area contributed by atoms with Gasteiger partial charge in [-0.1, -0.05) is 0 Å². The van der Waals surface area contributed by atoms with Crippen LogP contribution in [0.1, 0.15) is 19.4 Å². The highest BCUT2D eigenvalue weighted by Crippen LogP contribution is 2.28. The average molecular weight is 408 g/mol. The zero-order valence-electron chi connectivity index (χ0n) is 17.1. The molecule has 3 aromatic rings. The number of hydrazone groups is 1. The second-order valence-electron chi connectivity index (χ2n) is 6.15. The Hall–Kier alpha value is -3.81. The highest BCUT2D eigenvalue weighted by molar-refractivity contribution is 5.81. The minimum Gasteiger partial charge on any atom is -0.497 e. The molecule has 2 N–H and O–H groups in total. The van der Waals surface area contributed by atoms with Gasteiger partial charge < -0.3 is 14.2 Å². The number of nitrogens with zero attached hydrogens (tertiary/aromatic N) is 2. The molecule has 2 aromatic carbocycles. The molecule has 1 heterocycles. The summed E-state index contributed by atoms with van der Waals surface area (Å²) in [5.74, 6) is 2.30. The normalized spacial score (nSPS) is 10.8. The van der Waals surface area contributed by atoms with Crippen LogP contribution in [0.4, 0.5) is 5.95 Å². The lowest BCUT2D eigenvalue weighted by molar-refractivity contribution is 0.288. The zero-order chi connectivity index (χ0) is 21.3. The van der Waals surface area contributed by atoms with Crippen LogP contribution in [0.15, 0.2) is 58.4 Å². The van der Waals surface area contributed by atoms with E-state index in [0.29, 0.717) is 30.4 Å². The maximum Gasteiger partial charge on any atom is 0.252 e. The summed E-state index contributed by atoms with van der Waals surface area (Å²) in [7, 11) is 1.60. The first-order valence-corrected chi connectivity index (χ1v) is 9.57. The molecule has 156 valence electrons. The van der Waals surface area contributed by atoms with Gasteiger partial charge in [0.2, 0.25) is 5.95 Å². The van der Waals surface area contributed by atoms with E-state index in [-0.39, 0.29) is 11.5 Å². The number of rotatable bonds is 9. The third-order valence-corrected chi connectivity index (χ3v) is 4.08. The maximum absolute atomic E-state index is 12.0. The van der Waals surface area contributed by atoms with E-state index in [1.807, 2.05) is 56.3 Å². The van der Waals surface area contributed by atoms with Gasteiger partial charge in [-0.15, -0.1) is 0 Å². The second kappa shape index (κ2) is 10.1. The van der Waals surface area contributed by atoms with Gasteiger partial charge in [0.25, 0.3) is 5.56 Å². The van der Waals surface area contributed by atoms with E-state index in [4.69, 9.17) is 14.2 Å². The van der Waals surface area contributed by atoms with Crippen LogP contribution in [0.25, 0.3) is 11.3 Å². The van der Waals surface area contributed by atoms with E-state index < -0.39 is 0 Å². The minimum atomic E-state index is -0.284. The fourth-order valence-corrected chi connectivity index (χ4v) is 2.74. The summed E-state index contributed by atoms with van der Waals surface area (Å²) in [5.41, 5.74) is 4.61. The van der Waals surface area contributed by atoms with Crippen molar-refractivity contribution in [3.63, 3.8) is 0 Å². The Morgan fingerprint density at radius 3 is 2.47 bits per heavy atom. The zero-order valence-corrected chi connectivity index (χ0v) is 17.1. The summed E-state index contributed by atoms with van der Waals surface area (Å²) in [6.07, 6.45) is 1.61. The lowest BCUT2D eigenvalue weighted by Gasteiger charge is -2.11. The molecule has 0 radical (unpaired) electrons. The van der Waals surface area contributed by atoms with Crippen LogP contribution in [-0.2, 0) is 0 Å². The second-order valence-corrected chi connectivity index (χ2v) is 6.15. The third kappa shape index (κ3) is 5.38. The standard InChI is InChI=1S/C22H24N4O4/c1-4-29-19-11-6-15(12-20(19)30-5-2)14-23-26-22-24-18(13-21(27)25-22)16-7-9-17(28-3)10-8-16/h6-14H,4-5H2,1-3H3,(H2,24,25,26,27)/b23-14-. The third-order valence-electron chi connectivity index (χ3n) is 4.08. The molecular formula is C22H24N4O4. The molecule has 0 amide bonds. The van der Waals surface area contributed by atoms with Gasteiger partial charge in [-0.3, -0.25) is 9.78 Å². The van der Waals surface area contributed by atoms with Crippen molar-refractivity contribution in [2.75, 3.05) is 25.7 Å². The molecule has 1 aromatic heterocycles. The summed E-state index contributed by atoms with van der Waals surface area (Å²) in [4.78, 5) is 19.0. The average Bonchev–Trinajstić information content (AvgIpc) is 2.75. The van der Waals surface area contributed by atoms with Crippen LogP contribution in [0.3, 0.4) is 0 Å². The van der Waals surface area contributed by atoms with E-state index in [1.165, 1.54) is 6.07 Å². The predicted molar refractivity (Wildman–Crippen MR) is 117 cm³/mol. The van der Waals surface area contributed by atoms with Crippen LogP contribution < -0.4 is 25.2 Å². The van der Waals surface area contributed by atoms with Crippen LogP contribution >= 0.6 is 0 Å². The van der Waals surface area contributed by atoms with Gasteiger partial charge in [-0.05, 0) is 61.9 Å². The molecule has 0 atom stereocenters. The van der Waals surface area contributed by atoms with E-state index in [2.05, 4.69) is 20.5 Å². The molecule has 0 aliphatic rings. The largest absolute Gasteiger partial charge is 0.497 e. The first-order chi connectivity index (χ1) is 14.6. The van der Waals surface area contributed by atoms with Crippen LogP contribution in [-0.4, -0.2) is 36.5 Å². The molecule has 0 saturated carbocycles. The van der Waals surface area contributed by atoms with Crippen LogP contribution in [0.2, 0.25) is 0 Å². The summed E-state index contributed by atoms with van der Waals surface area (Å²) in [6.45, 7) is 4.92. The van der Waals surface area contributed by atoms with Crippen molar-refractivity contribution in [2.45, 2.75) is 13.8 Å². The number of aromatic amines is 1. The number of ether oxygens (including phenoxy) is 3. The topological polar surface area (TPSA) is 97.8 Å². The molecule has 0 unspecified atom stereocenters. The minimum absolute atomic E-state index is 0.237. The Morgan fingerprint density at radius 1 is 1.03 bits per heavy atom. The number of hydrogen-bond acceptors (Lipinski definition) is 7. The Morgan fingerprint density at radius 2 is 1.77 bits per heavy atom. The van der Waals surface area contributed by atoms with Gasteiger partial charge in [0.1, 0.15) is 5.75 Å². The first kappa shape index (κ1) is 20.9. The molecule has 30 heavy (non-hydrogen) atoms. The Labute approximate surface area is 174 Å². The maximum atomic E-state index is 12.0. The summed E-state index contributed by atoms with van der Waals surface area (Å²) < 4.78 is 16.3. The number of H-pyrrole nitrogens is 1. The Bertz CT molecular complexity index is 1060. The van der Waals surface area contributed by atoms with E-state index in [9.17, 15) is 4.79 Å². The fourth-order valence-electron chi connectivity index (χ4n) is 2.74. The summed E-state index contributed by atoms with van der Waals surface area (Å²) in [5, 5.41) is 4.17. The number of methoxy groups -OCH3 is 1. The smallest absolute Gasteiger partial charge is 0.252 e. The Kier molecular flexibility index (Phi) is 7.05. The molecule has 3 rings (SSSR count). The summed E-state index contributed by atoms with van der Waals surface area (Å²) >= 11 is 0. The molecule has 0 spiro atoms. The van der Waals surface area contributed by atoms with Crippen molar-refractivity contribution in [3.8, 4) is 28.5 Å². The van der Waals surface area contributed by atoms with Gasteiger partial charge in [0.15, 0.2) is 11.5 Å². The van der Waals surface area contributed by atoms with E-state index in [1.54, 1.807) is 13.3 Å². The van der Waals surface area contributed by atoms with Crippen LogP contribution in [0.5, 0.6) is 17.2 Å². The molecule has 8 heteroatoms. The van der Waals surface area contributed by atoms with E-state index >= 15 is 0 Å². The van der Waals surface area contributed by atoms with Crippen molar-refractivity contribution in [1.82, 2.24) is 9.97 Å². The molecule has 8 nitrogen and oxygen atoms in total. The summed E-state index contributed by atoms with van der Waals surface area (Å²) in [6, 6.07) is 14.3. The lowest BCUT2D eigenvalue weighted by atomic mass is 10.1. The Balaban J connectivity index is 1.76. The van der Waals surface area contributed by atoms with Gasteiger partial charge in [0, 0.05) is 11.6 Å². The molecule has 0 fully saturated rings. The molecule has 0 aliphatic carbocycles. The number of anilines is 1. The molecule has 0 saturated heterocycles. The monoisotopic (exact) mass is 408 g/mol. The van der Waals surface area contributed by atoms with Crippen LogP contribution in [0, 0.1) is 0 Å². The number of hydrogen-bond donors (Lipinski definition) is 2. The van der Waals surface area contributed by atoms with Gasteiger partial charge in [-0.25, -0.2) is 10.4 Å². The number of aromatic nitrogens is 2. The van der Waals surface area contributed by atoms with E-state index in [0.717, 1.165) is 16.9 Å². The van der Waals surface area contributed by atoms with Crippen molar-refractivity contribution in [2.24, 2.45) is 5.10 Å². The SMILES string of the molecule is CCOc1ccc(/C=N\Nc2nc(-c3ccc(OC)cc3)cc(=O)[nH]2)cc1OCC. The lowest BCUT2D eigenvalue weighted by Crippen LogP contribution is -2.10.